The van der Waals surface area contributed by atoms with Gasteiger partial charge in [0.2, 0.25) is 0 Å². The van der Waals surface area contributed by atoms with Crippen LogP contribution in [-0.4, -0.2) is 11.3 Å². The second-order valence-corrected chi connectivity index (χ2v) is 6.79. The third-order valence-corrected chi connectivity index (χ3v) is 6.93. The minimum absolute atomic E-state index is 0.0517. The maximum atomic E-state index is 3.26. The average Bonchev–Trinajstić information content (AvgIpc) is 2.85. The first-order valence-corrected chi connectivity index (χ1v) is 7.09. The lowest BCUT2D eigenvalue weighted by Crippen LogP contribution is -2.02. The van der Waals surface area contributed by atoms with E-state index in [-0.39, 0.29) is 7.92 Å². The molecule has 0 aromatic heterocycles. The lowest BCUT2D eigenvalue weighted by atomic mass is 10.1. The summed E-state index contributed by atoms with van der Waals surface area (Å²) in [5.41, 5.74) is 11.1. The van der Waals surface area contributed by atoms with Gasteiger partial charge in [0.1, 0.15) is 0 Å². The van der Waals surface area contributed by atoms with Gasteiger partial charge in [-0.3, -0.25) is 0 Å². The van der Waals surface area contributed by atoms with Gasteiger partial charge in [0, 0.05) is 11.4 Å². The van der Waals surface area contributed by atoms with Crippen LogP contribution in [0.5, 0.6) is 0 Å². The van der Waals surface area contributed by atoms with Crippen LogP contribution in [-0.2, 0) is 0 Å². The summed E-state index contributed by atoms with van der Waals surface area (Å²) in [6.07, 6.45) is 7.64. The fourth-order valence-electron chi connectivity index (χ4n) is 2.54. The van der Waals surface area contributed by atoms with E-state index in [1.54, 1.807) is 0 Å². The standard InChI is InChI=1S/C13H17P/c1-3-11-9-10-12(4-2)14(11)13-7-5-6-8-13/h7,11-12H,3-4,9-10H2,1-2H3/t11-,12-/m0/s1. The Hall–Kier alpha value is -0.490. The second-order valence-electron chi connectivity index (χ2n) is 4.03. The first-order chi connectivity index (χ1) is 6.86. The highest BCUT2D eigenvalue weighted by atomic mass is 31.1. The number of rotatable bonds is 3. The van der Waals surface area contributed by atoms with Crippen LogP contribution in [0.15, 0.2) is 28.6 Å². The number of hydrogen-bond acceptors (Lipinski definition) is 0. The van der Waals surface area contributed by atoms with Crippen LogP contribution in [0.4, 0.5) is 0 Å². The van der Waals surface area contributed by atoms with Crippen molar-refractivity contribution in [2.75, 3.05) is 0 Å². The fourth-order valence-corrected chi connectivity index (χ4v) is 5.96. The molecule has 2 aliphatic rings. The molecule has 0 amide bonds. The summed E-state index contributed by atoms with van der Waals surface area (Å²) in [5.74, 6) is 0. The first kappa shape index (κ1) is 10.0. The summed E-state index contributed by atoms with van der Waals surface area (Å²) in [4.78, 5) is 0. The number of hydrogen-bond donors (Lipinski definition) is 0. The van der Waals surface area contributed by atoms with E-state index >= 15 is 0 Å². The average molecular weight is 204 g/mol. The van der Waals surface area contributed by atoms with Gasteiger partial charge in [-0.25, -0.2) is 0 Å². The zero-order valence-corrected chi connectivity index (χ0v) is 9.90. The molecule has 1 heterocycles. The molecule has 0 nitrogen and oxygen atoms in total. The van der Waals surface area contributed by atoms with Gasteiger partial charge in [0.15, 0.2) is 0 Å². The molecule has 0 unspecified atom stereocenters. The van der Waals surface area contributed by atoms with Gasteiger partial charge in [-0.05, 0) is 42.7 Å². The van der Waals surface area contributed by atoms with Crippen molar-refractivity contribution in [2.24, 2.45) is 0 Å². The highest BCUT2D eigenvalue weighted by Crippen LogP contribution is 2.63. The Balaban J connectivity index is 2.20. The molecule has 14 heavy (non-hydrogen) atoms. The molecule has 1 saturated heterocycles. The zero-order chi connectivity index (χ0) is 9.97. The largest absolute Gasteiger partial charge is 0.0648 e. The molecular formula is C13H17P. The lowest BCUT2D eigenvalue weighted by molar-refractivity contribution is 0.696. The Morgan fingerprint density at radius 2 is 1.93 bits per heavy atom. The molecule has 0 saturated carbocycles. The highest BCUT2D eigenvalue weighted by molar-refractivity contribution is 7.64. The van der Waals surface area contributed by atoms with Crippen molar-refractivity contribution in [3.05, 3.63) is 28.6 Å². The van der Waals surface area contributed by atoms with E-state index in [0.29, 0.717) is 0 Å². The Morgan fingerprint density at radius 3 is 2.36 bits per heavy atom. The molecule has 1 aliphatic carbocycles. The fraction of sp³-hybridized carbons (Fsp3) is 0.615. The summed E-state index contributed by atoms with van der Waals surface area (Å²) in [7, 11) is 0.0517. The minimum Gasteiger partial charge on any atom is -0.0648 e. The van der Waals surface area contributed by atoms with Crippen LogP contribution in [0, 0.1) is 0 Å². The van der Waals surface area contributed by atoms with Gasteiger partial charge < -0.3 is 0 Å². The molecular weight excluding hydrogens is 187 g/mol. The van der Waals surface area contributed by atoms with Gasteiger partial charge in [0.05, 0.1) is 0 Å². The van der Waals surface area contributed by atoms with Crippen molar-refractivity contribution in [1.29, 1.82) is 0 Å². The van der Waals surface area contributed by atoms with Gasteiger partial charge in [-0.15, -0.1) is 0 Å². The molecule has 2 rings (SSSR count). The molecule has 0 spiro atoms. The van der Waals surface area contributed by atoms with Crippen molar-refractivity contribution >= 4 is 7.92 Å². The van der Waals surface area contributed by atoms with E-state index in [2.05, 4.69) is 37.1 Å². The van der Waals surface area contributed by atoms with Gasteiger partial charge in [-0.2, -0.15) is 0 Å². The third kappa shape index (κ3) is 1.68. The van der Waals surface area contributed by atoms with Crippen LogP contribution >= 0.6 is 7.92 Å². The smallest absolute Gasteiger partial charge is 0.0353 e. The molecule has 74 valence electrons. The van der Waals surface area contributed by atoms with E-state index in [1.807, 2.05) is 0 Å². The van der Waals surface area contributed by atoms with Crippen LogP contribution in [0.25, 0.3) is 0 Å². The molecule has 2 atom stereocenters. The third-order valence-electron chi connectivity index (χ3n) is 3.31. The van der Waals surface area contributed by atoms with E-state index in [0.717, 1.165) is 11.3 Å². The predicted octanol–water partition coefficient (Wildman–Crippen LogP) is 4.18. The maximum Gasteiger partial charge on any atom is 0.0353 e. The Labute approximate surface area is 87.8 Å². The second kappa shape index (κ2) is 4.35. The normalized spacial score (nSPS) is 30.3. The van der Waals surface area contributed by atoms with Crippen LogP contribution < -0.4 is 0 Å². The van der Waals surface area contributed by atoms with Crippen molar-refractivity contribution in [3.63, 3.8) is 0 Å². The van der Waals surface area contributed by atoms with Crippen molar-refractivity contribution in [2.45, 2.75) is 50.8 Å². The van der Waals surface area contributed by atoms with Gasteiger partial charge >= 0.3 is 0 Å². The molecule has 0 bridgehead atoms. The molecule has 0 aromatic carbocycles. The van der Waals surface area contributed by atoms with Crippen LogP contribution in [0.2, 0.25) is 0 Å². The lowest BCUT2D eigenvalue weighted by Gasteiger charge is -2.23. The zero-order valence-electron chi connectivity index (χ0n) is 9.01. The SMILES string of the molecule is CC[C@H]1CC[C@H](CC)P1C1=C=C=C=C1. The predicted molar refractivity (Wildman–Crippen MR) is 62.9 cm³/mol. The van der Waals surface area contributed by atoms with E-state index in [9.17, 15) is 0 Å². The van der Waals surface area contributed by atoms with Crippen molar-refractivity contribution < 1.29 is 0 Å². The quantitative estimate of drug-likeness (QED) is 0.478. The summed E-state index contributed by atoms with van der Waals surface area (Å²) in [5, 5.41) is 1.43. The summed E-state index contributed by atoms with van der Waals surface area (Å²) in [6.45, 7) is 4.66. The summed E-state index contributed by atoms with van der Waals surface area (Å²) in [6, 6.07) is 0. The Kier molecular flexibility index (Phi) is 3.12. The van der Waals surface area contributed by atoms with Crippen LogP contribution in [0.1, 0.15) is 39.5 Å². The number of allylic oxidation sites excluding steroid dienone is 2. The minimum atomic E-state index is 0.0517. The first-order valence-electron chi connectivity index (χ1n) is 5.61. The van der Waals surface area contributed by atoms with Crippen molar-refractivity contribution in [1.82, 2.24) is 0 Å². The summed E-state index contributed by atoms with van der Waals surface area (Å²) >= 11 is 0. The van der Waals surface area contributed by atoms with E-state index in [1.165, 1.54) is 31.0 Å². The topological polar surface area (TPSA) is 0 Å². The molecule has 1 fully saturated rings. The van der Waals surface area contributed by atoms with Crippen molar-refractivity contribution in [3.8, 4) is 0 Å². The molecule has 1 aliphatic heterocycles. The van der Waals surface area contributed by atoms with E-state index in [4.69, 9.17) is 0 Å². The van der Waals surface area contributed by atoms with Crippen LogP contribution in [0.3, 0.4) is 0 Å². The molecule has 1 heteroatoms. The van der Waals surface area contributed by atoms with Gasteiger partial charge in [0.25, 0.3) is 0 Å². The monoisotopic (exact) mass is 204 g/mol. The Morgan fingerprint density at radius 1 is 1.29 bits per heavy atom. The maximum absolute atomic E-state index is 3.26. The highest BCUT2D eigenvalue weighted by Gasteiger charge is 2.35. The summed E-state index contributed by atoms with van der Waals surface area (Å²) < 4.78 is 0. The molecule has 0 aromatic rings. The van der Waals surface area contributed by atoms with E-state index < -0.39 is 0 Å². The molecule has 0 radical (unpaired) electrons. The Bertz CT molecular complexity index is 335. The van der Waals surface area contributed by atoms with Gasteiger partial charge in [-0.1, -0.05) is 33.2 Å². The molecule has 0 N–H and O–H groups in total.